The molecule has 0 aliphatic heterocycles. The summed E-state index contributed by atoms with van der Waals surface area (Å²) in [5, 5.41) is 8.91. The van der Waals surface area contributed by atoms with Crippen LogP contribution in [0, 0.1) is 11.3 Å². The van der Waals surface area contributed by atoms with E-state index < -0.39 is 0 Å². The Morgan fingerprint density at radius 3 is 3.06 bits per heavy atom. The Bertz CT molecular complexity index is 413. The normalized spacial score (nSPS) is 24.2. The van der Waals surface area contributed by atoms with Gasteiger partial charge in [0.25, 0.3) is 0 Å². The van der Waals surface area contributed by atoms with Gasteiger partial charge in [-0.15, -0.1) is 0 Å². The topological polar surface area (TPSA) is 71.9 Å². The van der Waals surface area contributed by atoms with Crippen LogP contribution < -0.4 is 5.73 Å². The molecule has 1 aliphatic rings. The Kier molecular flexibility index (Phi) is 4.08. The van der Waals surface area contributed by atoms with E-state index in [-0.39, 0.29) is 12.1 Å². The van der Waals surface area contributed by atoms with E-state index in [1.807, 2.05) is 12.1 Å². The molecule has 1 aliphatic carbocycles. The van der Waals surface area contributed by atoms with Gasteiger partial charge in [0.05, 0.1) is 12.7 Å². The zero-order chi connectivity index (χ0) is 12.1. The van der Waals surface area contributed by atoms with Crippen LogP contribution in [0.15, 0.2) is 18.3 Å². The average Bonchev–Trinajstić information content (AvgIpc) is 2.38. The summed E-state index contributed by atoms with van der Waals surface area (Å²) in [5.41, 5.74) is 7.29. The Morgan fingerprint density at radius 1 is 1.47 bits per heavy atom. The molecule has 0 bridgehead atoms. The molecule has 2 N–H and O–H groups in total. The lowest BCUT2D eigenvalue weighted by atomic mass is 9.93. The van der Waals surface area contributed by atoms with Gasteiger partial charge in [0.2, 0.25) is 0 Å². The molecule has 4 heteroatoms. The quantitative estimate of drug-likeness (QED) is 0.860. The lowest BCUT2D eigenvalue weighted by Gasteiger charge is -2.28. The molecule has 0 radical (unpaired) electrons. The Labute approximate surface area is 101 Å². The molecule has 1 aromatic heterocycles. The summed E-state index contributed by atoms with van der Waals surface area (Å²) in [7, 11) is 0. The van der Waals surface area contributed by atoms with E-state index in [0.29, 0.717) is 12.3 Å². The first-order chi connectivity index (χ1) is 8.31. The van der Waals surface area contributed by atoms with Gasteiger partial charge >= 0.3 is 0 Å². The minimum absolute atomic E-state index is 0.121. The molecule has 0 aromatic carbocycles. The van der Waals surface area contributed by atoms with Crippen molar-refractivity contribution in [3.8, 4) is 6.07 Å². The molecule has 2 atom stereocenters. The summed E-state index contributed by atoms with van der Waals surface area (Å²) in [6.45, 7) is 0.426. The first kappa shape index (κ1) is 12.0. The fourth-order valence-electron chi connectivity index (χ4n) is 2.19. The standard InChI is InChI=1S/C13H17N3O/c14-8-12-10(4-3-7-16-12)9-17-13-6-2-1-5-11(13)15/h3-4,7,11,13H,1-2,5-6,9,15H2. The van der Waals surface area contributed by atoms with Crippen molar-refractivity contribution in [2.75, 3.05) is 0 Å². The maximum atomic E-state index is 8.91. The third-order valence-electron chi connectivity index (χ3n) is 3.20. The lowest BCUT2D eigenvalue weighted by Crippen LogP contribution is -2.39. The maximum Gasteiger partial charge on any atom is 0.145 e. The van der Waals surface area contributed by atoms with Crippen LogP contribution >= 0.6 is 0 Å². The molecule has 2 rings (SSSR count). The monoisotopic (exact) mass is 231 g/mol. The first-order valence-electron chi connectivity index (χ1n) is 6.02. The van der Waals surface area contributed by atoms with Crippen molar-refractivity contribution < 1.29 is 4.74 Å². The Morgan fingerprint density at radius 2 is 2.29 bits per heavy atom. The highest BCUT2D eigenvalue weighted by Gasteiger charge is 2.22. The van der Waals surface area contributed by atoms with Crippen LogP contribution in [0.25, 0.3) is 0 Å². The van der Waals surface area contributed by atoms with Gasteiger partial charge < -0.3 is 10.5 Å². The number of hydrogen-bond acceptors (Lipinski definition) is 4. The Balaban J connectivity index is 1.95. The summed E-state index contributed by atoms with van der Waals surface area (Å²) >= 11 is 0. The fourth-order valence-corrected chi connectivity index (χ4v) is 2.19. The molecule has 1 heterocycles. The van der Waals surface area contributed by atoms with Crippen molar-refractivity contribution in [1.29, 1.82) is 5.26 Å². The fraction of sp³-hybridized carbons (Fsp3) is 0.538. The number of pyridine rings is 1. The predicted octanol–water partition coefficient (Wildman–Crippen LogP) is 1.74. The van der Waals surface area contributed by atoms with Crippen LogP contribution in [0.4, 0.5) is 0 Å². The predicted molar refractivity (Wildman–Crippen MR) is 64.0 cm³/mol. The molecule has 1 fully saturated rings. The highest BCUT2D eigenvalue weighted by Crippen LogP contribution is 2.21. The van der Waals surface area contributed by atoms with E-state index in [1.165, 1.54) is 12.8 Å². The molecule has 0 spiro atoms. The number of rotatable bonds is 3. The molecule has 1 aromatic rings. The largest absolute Gasteiger partial charge is 0.372 e. The van der Waals surface area contributed by atoms with E-state index in [0.717, 1.165) is 18.4 Å². The van der Waals surface area contributed by atoms with Crippen molar-refractivity contribution in [2.24, 2.45) is 5.73 Å². The van der Waals surface area contributed by atoms with Gasteiger partial charge in [-0.1, -0.05) is 18.9 Å². The van der Waals surface area contributed by atoms with Gasteiger partial charge in [0.1, 0.15) is 11.8 Å². The van der Waals surface area contributed by atoms with Gasteiger partial charge in [-0.3, -0.25) is 0 Å². The molecule has 0 amide bonds. The summed E-state index contributed by atoms with van der Waals surface area (Å²) in [5.74, 6) is 0. The van der Waals surface area contributed by atoms with Crippen molar-refractivity contribution in [3.63, 3.8) is 0 Å². The van der Waals surface area contributed by atoms with Crippen LogP contribution in [-0.2, 0) is 11.3 Å². The Hall–Kier alpha value is -1.44. The number of ether oxygens (including phenoxy) is 1. The highest BCUT2D eigenvalue weighted by atomic mass is 16.5. The van der Waals surface area contributed by atoms with E-state index >= 15 is 0 Å². The van der Waals surface area contributed by atoms with Crippen molar-refractivity contribution in [3.05, 3.63) is 29.6 Å². The zero-order valence-electron chi connectivity index (χ0n) is 9.80. The first-order valence-corrected chi connectivity index (χ1v) is 6.02. The number of nitrogens with two attached hydrogens (primary N) is 1. The van der Waals surface area contributed by atoms with Crippen LogP contribution in [0.3, 0.4) is 0 Å². The van der Waals surface area contributed by atoms with Crippen LogP contribution in [-0.4, -0.2) is 17.1 Å². The second-order valence-electron chi connectivity index (χ2n) is 4.42. The minimum Gasteiger partial charge on any atom is -0.372 e. The van der Waals surface area contributed by atoms with E-state index in [1.54, 1.807) is 6.20 Å². The molecular weight excluding hydrogens is 214 g/mol. The molecule has 4 nitrogen and oxygen atoms in total. The minimum atomic E-state index is 0.121. The highest BCUT2D eigenvalue weighted by molar-refractivity contribution is 5.29. The lowest BCUT2D eigenvalue weighted by molar-refractivity contribution is 0.00384. The van der Waals surface area contributed by atoms with Gasteiger partial charge in [-0.25, -0.2) is 4.98 Å². The van der Waals surface area contributed by atoms with Crippen LogP contribution in [0.2, 0.25) is 0 Å². The van der Waals surface area contributed by atoms with Crippen LogP contribution in [0.5, 0.6) is 0 Å². The van der Waals surface area contributed by atoms with Crippen LogP contribution in [0.1, 0.15) is 36.9 Å². The van der Waals surface area contributed by atoms with Crippen molar-refractivity contribution in [1.82, 2.24) is 4.98 Å². The molecule has 90 valence electrons. The summed E-state index contributed by atoms with van der Waals surface area (Å²) in [6.07, 6.45) is 6.16. The van der Waals surface area contributed by atoms with Gasteiger partial charge in [0, 0.05) is 17.8 Å². The van der Waals surface area contributed by atoms with E-state index in [2.05, 4.69) is 11.1 Å². The van der Waals surface area contributed by atoms with Crippen molar-refractivity contribution in [2.45, 2.75) is 44.4 Å². The van der Waals surface area contributed by atoms with E-state index in [9.17, 15) is 0 Å². The molecule has 1 saturated carbocycles. The number of nitrogens with zero attached hydrogens (tertiary/aromatic N) is 2. The van der Waals surface area contributed by atoms with Gasteiger partial charge in [-0.2, -0.15) is 5.26 Å². The maximum absolute atomic E-state index is 8.91. The smallest absolute Gasteiger partial charge is 0.145 e. The number of hydrogen-bond donors (Lipinski definition) is 1. The third-order valence-corrected chi connectivity index (χ3v) is 3.20. The second-order valence-corrected chi connectivity index (χ2v) is 4.42. The summed E-state index contributed by atoms with van der Waals surface area (Å²) in [6, 6.07) is 5.90. The molecular formula is C13H17N3O. The van der Waals surface area contributed by atoms with E-state index in [4.69, 9.17) is 15.7 Å². The molecule has 0 saturated heterocycles. The second kappa shape index (κ2) is 5.76. The van der Waals surface area contributed by atoms with Crippen molar-refractivity contribution >= 4 is 0 Å². The number of nitriles is 1. The summed E-state index contributed by atoms with van der Waals surface area (Å²) < 4.78 is 5.81. The third kappa shape index (κ3) is 3.02. The average molecular weight is 231 g/mol. The van der Waals surface area contributed by atoms with Gasteiger partial charge in [0.15, 0.2) is 0 Å². The van der Waals surface area contributed by atoms with Gasteiger partial charge in [-0.05, 0) is 18.9 Å². The summed E-state index contributed by atoms with van der Waals surface area (Å²) in [4.78, 5) is 4.01. The molecule has 17 heavy (non-hydrogen) atoms. The number of aromatic nitrogens is 1. The molecule has 2 unspecified atom stereocenters. The zero-order valence-corrected chi connectivity index (χ0v) is 9.80. The SMILES string of the molecule is N#Cc1ncccc1COC1CCCCC1N.